The fourth-order valence-electron chi connectivity index (χ4n) is 2.98. The van der Waals surface area contributed by atoms with E-state index in [0.717, 1.165) is 6.26 Å². The van der Waals surface area contributed by atoms with Crippen LogP contribution in [0.3, 0.4) is 0 Å². The highest BCUT2D eigenvalue weighted by atomic mass is 32.2. The first kappa shape index (κ1) is 21.6. The van der Waals surface area contributed by atoms with Gasteiger partial charge in [0.15, 0.2) is 5.82 Å². The Hall–Kier alpha value is -3.64. The Kier molecular flexibility index (Phi) is 6.23. The predicted molar refractivity (Wildman–Crippen MR) is 116 cm³/mol. The molecule has 4 aromatic rings. The van der Waals surface area contributed by atoms with Crippen LogP contribution in [0.15, 0.2) is 59.6 Å². The quantitative estimate of drug-likeness (QED) is 0.366. The molecule has 0 amide bonds. The number of aromatic nitrogens is 5. The Morgan fingerprint density at radius 1 is 1.09 bits per heavy atom. The monoisotopic (exact) mass is 457 g/mol. The lowest BCUT2D eigenvalue weighted by molar-refractivity contribution is 0.421. The van der Waals surface area contributed by atoms with E-state index < -0.39 is 10.0 Å². The predicted octanol–water partition coefficient (Wildman–Crippen LogP) is 2.14. The van der Waals surface area contributed by atoms with Crippen molar-refractivity contribution in [2.75, 3.05) is 24.7 Å². The van der Waals surface area contributed by atoms with Crippen LogP contribution < -0.4 is 10.0 Å². The van der Waals surface area contributed by atoms with Crippen LogP contribution in [0.5, 0.6) is 0 Å². The standard InChI is InChI=1S/C20H20FN7O3S/c1-32(29,30)25-8-7-22-15-11-23-20(24-12-15)18-10-19(17-6-9-31-27-17)28(26-18)13-14-4-2-3-5-16(14)21/h2-6,9-12,22,25H,7-8,13H2,1H3. The van der Waals surface area contributed by atoms with Gasteiger partial charge in [-0.3, -0.25) is 4.68 Å². The highest BCUT2D eigenvalue weighted by Crippen LogP contribution is 2.25. The van der Waals surface area contributed by atoms with Gasteiger partial charge in [0.1, 0.15) is 23.5 Å². The molecule has 0 bridgehead atoms. The van der Waals surface area contributed by atoms with Crippen LogP contribution in [-0.2, 0) is 16.6 Å². The van der Waals surface area contributed by atoms with Crippen molar-refractivity contribution in [3.8, 4) is 22.9 Å². The lowest BCUT2D eigenvalue weighted by Gasteiger charge is -2.07. The van der Waals surface area contributed by atoms with Gasteiger partial charge in [0.25, 0.3) is 0 Å². The van der Waals surface area contributed by atoms with Crippen LogP contribution in [0.1, 0.15) is 5.56 Å². The average molecular weight is 457 g/mol. The fraction of sp³-hybridized carbons (Fsp3) is 0.200. The number of benzene rings is 1. The second kappa shape index (κ2) is 9.24. The van der Waals surface area contributed by atoms with Crippen LogP contribution in [-0.4, -0.2) is 52.7 Å². The second-order valence-corrected chi connectivity index (χ2v) is 8.77. The molecule has 12 heteroatoms. The van der Waals surface area contributed by atoms with Crippen LogP contribution >= 0.6 is 0 Å². The normalized spacial score (nSPS) is 11.6. The summed E-state index contributed by atoms with van der Waals surface area (Å²) in [5.74, 6) is 0.0505. The van der Waals surface area contributed by atoms with E-state index in [-0.39, 0.29) is 18.9 Å². The third-order valence-electron chi connectivity index (χ3n) is 4.46. The lowest BCUT2D eigenvalue weighted by Crippen LogP contribution is -2.27. The van der Waals surface area contributed by atoms with Crippen LogP contribution in [0.2, 0.25) is 0 Å². The molecule has 0 radical (unpaired) electrons. The molecule has 0 saturated heterocycles. The molecule has 0 saturated carbocycles. The van der Waals surface area contributed by atoms with Crippen molar-refractivity contribution in [3.05, 3.63) is 66.4 Å². The summed E-state index contributed by atoms with van der Waals surface area (Å²) in [6.07, 6.45) is 5.71. The van der Waals surface area contributed by atoms with Gasteiger partial charge in [0.2, 0.25) is 10.0 Å². The summed E-state index contributed by atoms with van der Waals surface area (Å²) < 4.78 is 45.3. The molecule has 0 aliphatic rings. The van der Waals surface area contributed by atoms with Gasteiger partial charge in [-0.25, -0.2) is 27.5 Å². The van der Waals surface area contributed by atoms with E-state index in [1.807, 2.05) is 0 Å². The highest BCUT2D eigenvalue weighted by Gasteiger charge is 2.16. The largest absolute Gasteiger partial charge is 0.381 e. The van der Waals surface area contributed by atoms with Gasteiger partial charge < -0.3 is 9.84 Å². The first-order valence-electron chi connectivity index (χ1n) is 9.62. The molecule has 0 fully saturated rings. The van der Waals surface area contributed by atoms with Gasteiger partial charge in [-0.15, -0.1) is 0 Å². The molecule has 0 atom stereocenters. The molecule has 10 nitrogen and oxygen atoms in total. The molecule has 32 heavy (non-hydrogen) atoms. The van der Waals surface area contributed by atoms with Gasteiger partial charge in [-0.05, 0) is 12.1 Å². The van der Waals surface area contributed by atoms with E-state index in [1.54, 1.807) is 47.4 Å². The topological polar surface area (TPSA) is 128 Å². The third kappa shape index (κ3) is 5.34. The molecule has 3 heterocycles. The highest BCUT2D eigenvalue weighted by molar-refractivity contribution is 7.88. The van der Waals surface area contributed by atoms with Gasteiger partial charge in [0.05, 0.1) is 36.6 Å². The summed E-state index contributed by atoms with van der Waals surface area (Å²) in [6.45, 7) is 0.813. The molecule has 0 spiro atoms. The summed E-state index contributed by atoms with van der Waals surface area (Å²) in [5.41, 5.74) is 2.79. The summed E-state index contributed by atoms with van der Waals surface area (Å²) >= 11 is 0. The molecule has 2 N–H and O–H groups in total. The average Bonchev–Trinajstić information content (AvgIpc) is 3.43. The molecule has 166 valence electrons. The zero-order valence-electron chi connectivity index (χ0n) is 17.1. The van der Waals surface area contributed by atoms with Crippen molar-refractivity contribution in [2.24, 2.45) is 0 Å². The van der Waals surface area contributed by atoms with Crippen molar-refractivity contribution in [1.82, 2.24) is 29.6 Å². The van der Waals surface area contributed by atoms with Gasteiger partial charge in [0, 0.05) is 24.7 Å². The van der Waals surface area contributed by atoms with Gasteiger partial charge in [-0.1, -0.05) is 23.4 Å². The molecular formula is C20H20FN7O3S. The Morgan fingerprint density at radius 3 is 2.56 bits per heavy atom. The molecule has 0 aliphatic heterocycles. The van der Waals surface area contributed by atoms with Crippen LogP contribution in [0.25, 0.3) is 22.9 Å². The molecule has 0 aliphatic carbocycles. The van der Waals surface area contributed by atoms with E-state index in [1.165, 1.54) is 12.3 Å². The van der Waals surface area contributed by atoms with Gasteiger partial charge in [-0.2, -0.15) is 5.10 Å². The maximum atomic E-state index is 14.2. The van der Waals surface area contributed by atoms with E-state index >= 15 is 0 Å². The maximum absolute atomic E-state index is 14.2. The fourth-order valence-corrected chi connectivity index (χ4v) is 3.45. The minimum absolute atomic E-state index is 0.196. The van der Waals surface area contributed by atoms with Crippen molar-refractivity contribution < 1.29 is 17.3 Å². The van der Waals surface area contributed by atoms with E-state index in [2.05, 4.69) is 30.3 Å². The zero-order valence-corrected chi connectivity index (χ0v) is 17.9. The molecule has 3 aromatic heterocycles. The number of hydrogen-bond acceptors (Lipinski definition) is 8. The van der Waals surface area contributed by atoms with Crippen LogP contribution in [0, 0.1) is 5.82 Å². The molecule has 4 rings (SSSR count). The Morgan fingerprint density at radius 2 is 1.88 bits per heavy atom. The molecule has 0 unspecified atom stereocenters. The molecular weight excluding hydrogens is 437 g/mol. The van der Waals surface area contributed by atoms with Crippen molar-refractivity contribution >= 4 is 15.7 Å². The Labute approximate surface area is 183 Å². The number of hydrogen-bond donors (Lipinski definition) is 2. The van der Waals surface area contributed by atoms with Crippen molar-refractivity contribution in [3.63, 3.8) is 0 Å². The summed E-state index contributed by atoms with van der Waals surface area (Å²) in [5, 5.41) is 11.5. The number of halogens is 1. The second-order valence-electron chi connectivity index (χ2n) is 6.94. The minimum atomic E-state index is -3.23. The summed E-state index contributed by atoms with van der Waals surface area (Å²) in [6, 6.07) is 9.94. The van der Waals surface area contributed by atoms with E-state index in [0.29, 0.717) is 40.7 Å². The molecule has 1 aromatic carbocycles. The van der Waals surface area contributed by atoms with Crippen molar-refractivity contribution in [2.45, 2.75) is 6.54 Å². The Balaban J connectivity index is 1.54. The number of anilines is 1. The zero-order chi connectivity index (χ0) is 22.6. The first-order chi connectivity index (χ1) is 15.4. The van der Waals surface area contributed by atoms with Crippen molar-refractivity contribution in [1.29, 1.82) is 0 Å². The number of nitrogens with zero attached hydrogens (tertiary/aromatic N) is 5. The number of rotatable bonds is 9. The van der Waals surface area contributed by atoms with E-state index in [4.69, 9.17) is 4.52 Å². The van der Waals surface area contributed by atoms with E-state index in [9.17, 15) is 12.8 Å². The first-order valence-corrected chi connectivity index (χ1v) is 11.5. The third-order valence-corrected chi connectivity index (χ3v) is 5.19. The maximum Gasteiger partial charge on any atom is 0.208 e. The summed E-state index contributed by atoms with van der Waals surface area (Å²) in [7, 11) is -3.23. The minimum Gasteiger partial charge on any atom is -0.381 e. The smallest absolute Gasteiger partial charge is 0.208 e. The Bertz CT molecular complexity index is 1290. The van der Waals surface area contributed by atoms with Crippen LogP contribution in [0.4, 0.5) is 10.1 Å². The SMILES string of the molecule is CS(=O)(=O)NCCNc1cnc(-c2cc(-c3ccon3)n(Cc3ccccc3F)n2)nc1. The van der Waals surface area contributed by atoms with Gasteiger partial charge >= 0.3 is 0 Å². The summed E-state index contributed by atoms with van der Waals surface area (Å²) in [4.78, 5) is 8.66. The number of sulfonamides is 1. The lowest BCUT2D eigenvalue weighted by atomic mass is 10.2. The number of nitrogens with one attached hydrogen (secondary N) is 2.